The lowest BCUT2D eigenvalue weighted by molar-refractivity contribution is 0.102. The summed E-state index contributed by atoms with van der Waals surface area (Å²) in [6.07, 6.45) is 2.07. The molecule has 1 aliphatic heterocycles. The van der Waals surface area contributed by atoms with Gasteiger partial charge >= 0.3 is 6.03 Å². The zero-order chi connectivity index (χ0) is 24.3. The first-order chi connectivity index (χ1) is 16.5. The van der Waals surface area contributed by atoms with Crippen LogP contribution >= 0.6 is 0 Å². The summed E-state index contributed by atoms with van der Waals surface area (Å²) in [7, 11) is 0. The van der Waals surface area contributed by atoms with E-state index in [9.17, 15) is 9.59 Å². The Labute approximate surface area is 200 Å². The topological polar surface area (TPSA) is 107 Å². The first-order valence-electron chi connectivity index (χ1n) is 11.7. The maximum Gasteiger partial charge on any atom is 0.319 e. The van der Waals surface area contributed by atoms with Gasteiger partial charge in [-0.25, -0.2) is 4.79 Å². The lowest BCUT2D eigenvalue weighted by Gasteiger charge is -2.17. The summed E-state index contributed by atoms with van der Waals surface area (Å²) in [5.74, 6) is 1.07. The summed E-state index contributed by atoms with van der Waals surface area (Å²) in [4.78, 5) is 25.0. The molecule has 1 aliphatic rings. The number of urea groups is 1. The molecule has 1 unspecified atom stereocenters. The van der Waals surface area contributed by atoms with Crippen LogP contribution in [0.4, 0.5) is 16.2 Å². The number of rotatable bonds is 11. The van der Waals surface area contributed by atoms with Gasteiger partial charge in [0.25, 0.3) is 5.91 Å². The highest BCUT2D eigenvalue weighted by atomic mass is 16.5. The second-order valence-corrected chi connectivity index (χ2v) is 7.60. The molecule has 9 nitrogen and oxygen atoms in total. The van der Waals surface area contributed by atoms with Gasteiger partial charge in [-0.05, 0) is 70.0 Å². The summed E-state index contributed by atoms with van der Waals surface area (Å²) in [6, 6.07) is 9.85. The molecule has 1 fully saturated rings. The molecule has 3 N–H and O–H groups in total. The highest BCUT2D eigenvalue weighted by Gasteiger charge is 2.19. The Morgan fingerprint density at radius 2 is 1.50 bits per heavy atom. The molecule has 0 saturated carbocycles. The molecular weight excluding hydrogens is 438 g/mol. The van der Waals surface area contributed by atoms with Crippen LogP contribution in [0.25, 0.3) is 0 Å². The van der Waals surface area contributed by atoms with Crippen molar-refractivity contribution in [3.05, 3.63) is 42.0 Å². The standard InChI is InChI=1S/C25H33N3O6/c1-4-31-21-14-17(15-22(32-5-2)23(21)33-6-3)24(29)27-18-9-11-19(12-10-18)28-25(30)26-16-20-8-7-13-34-20/h9-12,14-15,20H,4-8,13,16H2,1-3H3,(H,27,29)(H2,26,28,30). The number of carbonyl (C=O) groups excluding carboxylic acids is 2. The van der Waals surface area contributed by atoms with Crippen LogP contribution in [0, 0.1) is 0 Å². The second kappa shape index (κ2) is 12.7. The average molecular weight is 472 g/mol. The molecule has 1 saturated heterocycles. The number of ether oxygens (including phenoxy) is 4. The maximum absolute atomic E-state index is 12.9. The zero-order valence-corrected chi connectivity index (χ0v) is 19.9. The quantitative estimate of drug-likeness (QED) is 0.447. The fourth-order valence-electron chi connectivity index (χ4n) is 3.55. The Morgan fingerprint density at radius 3 is 2.03 bits per heavy atom. The lowest BCUT2D eigenvalue weighted by Crippen LogP contribution is -2.35. The Kier molecular flexibility index (Phi) is 9.40. The van der Waals surface area contributed by atoms with Crippen LogP contribution < -0.4 is 30.2 Å². The molecular formula is C25H33N3O6. The van der Waals surface area contributed by atoms with E-state index >= 15 is 0 Å². The van der Waals surface area contributed by atoms with Crippen molar-refractivity contribution in [1.82, 2.24) is 5.32 Å². The second-order valence-electron chi connectivity index (χ2n) is 7.60. The van der Waals surface area contributed by atoms with Gasteiger partial charge in [-0.15, -0.1) is 0 Å². The molecule has 0 aliphatic carbocycles. The van der Waals surface area contributed by atoms with E-state index in [1.54, 1.807) is 36.4 Å². The molecule has 9 heteroatoms. The van der Waals surface area contributed by atoms with E-state index in [0.29, 0.717) is 60.6 Å². The fourth-order valence-corrected chi connectivity index (χ4v) is 3.55. The number of hydrogen-bond donors (Lipinski definition) is 3. The van der Waals surface area contributed by atoms with Gasteiger partial charge in [-0.1, -0.05) is 0 Å². The van der Waals surface area contributed by atoms with E-state index in [2.05, 4.69) is 16.0 Å². The molecule has 0 spiro atoms. The van der Waals surface area contributed by atoms with Crippen LogP contribution in [0.15, 0.2) is 36.4 Å². The highest BCUT2D eigenvalue weighted by molar-refractivity contribution is 6.05. The van der Waals surface area contributed by atoms with Crippen LogP contribution in [-0.4, -0.2) is 51.0 Å². The van der Waals surface area contributed by atoms with Crippen LogP contribution in [0.3, 0.4) is 0 Å². The maximum atomic E-state index is 12.9. The largest absolute Gasteiger partial charge is 0.490 e. The van der Waals surface area contributed by atoms with Crippen LogP contribution in [0.1, 0.15) is 44.0 Å². The van der Waals surface area contributed by atoms with Gasteiger partial charge in [-0.2, -0.15) is 0 Å². The van der Waals surface area contributed by atoms with Gasteiger partial charge in [0.1, 0.15) is 0 Å². The van der Waals surface area contributed by atoms with Crippen molar-refractivity contribution < 1.29 is 28.5 Å². The predicted octanol–water partition coefficient (Wildman–Crippen LogP) is 4.44. The van der Waals surface area contributed by atoms with Crippen molar-refractivity contribution in [2.24, 2.45) is 0 Å². The minimum absolute atomic E-state index is 0.0809. The number of anilines is 2. The van der Waals surface area contributed by atoms with Crippen molar-refractivity contribution in [1.29, 1.82) is 0 Å². The van der Waals surface area contributed by atoms with Crippen LogP contribution in [0.5, 0.6) is 17.2 Å². The third kappa shape index (κ3) is 7.02. The van der Waals surface area contributed by atoms with Crippen molar-refractivity contribution in [2.75, 3.05) is 43.6 Å². The Hall–Kier alpha value is -3.46. The van der Waals surface area contributed by atoms with Crippen LogP contribution in [-0.2, 0) is 4.74 Å². The van der Waals surface area contributed by atoms with E-state index < -0.39 is 0 Å². The minimum Gasteiger partial charge on any atom is -0.490 e. The molecule has 0 bridgehead atoms. The summed E-state index contributed by atoms with van der Waals surface area (Å²) >= 11 is 0. The predicted molar refractivity (Wildman–Crippen MR) is 130 cm³/mol. The Bertz CT molecular complexity index is 931. The third-order valence-corrected chi connectivity index (χ3v) is 5.09. The van der Waals surface area contributed by atoms with E-state index in [1.165, 1.54) is 0 Å². The molecule has 1 atom stereocenters. The average Bonchev–Trinajstić information content (AvgIpc) is 3.35. The van der Waals surface area contributed by atoms with Crippen LogP contribution in [0.2, 0.25) is 0 Å². The van der Waals surface area contributed by atoms with Gasteiger partial charge in [0.05, 0.1) is 25.9 Å². The zero-order valence-electron chi connectivity index (χ0n) is 19.9. The summed E-state index contributed by atoms with van der Waals surface area (Å²) in [5, 5.41) is 8.44. The van der Waals surface area contributed by atoms with E-state index in [1.807, 2.05) is 20.8 Å². The molecule has 3 amide bonds. The number of nitrogens with one attached hydrogen (secondary N) is 3. The Balaban J connectivity index is 1.63. The highest BCUT2D eigenvalue weighted by Crippen LogP contribution is 2.39. The molecule has 3 rings (SSSR count). The minimum atomic E-state index is -0.319. The van der Waals surface area contributed by atoms with E-state index in [-0.39, 0.29) is 18.0 Å². The lowest BCUT2D eigenvalue weighted by atomic mass is 10.1. The van der Waals surface area contributed by atoms with Crippen molar-refractivity contribution >= 4 is 23.3 Å². The van der Waals surface area contributed by atoms with Crippen molar-refractivity contribution in [3.63, 3.8) is 0 Å². The molecule has 2 aromatic rings. The number of carbonyl (C=O) groups is 2. The summed E-state index contributed by atoms with van der Waals surface area (Å²) < 4.78 is 22.6. The SMILES string of the molecule is CCOc1cc(C(=O)Nc2ccc(NC(=O)NCC3CCCO3)cc2)cc(OCC)c1OCC. The fraction of sp³-hybridized carbons (Fsp3) is 0.440. The first-order valence-corrected chi connectivity index (χ1v) is 11.7. The number of hydrogen-bond acceptors (Lipinski definition) is 6. The third-order valence-electron chi connectivity index (χ3n) is 5.09. The molecule has 184 valence electrons. The van der Waals surface area contributed by atoms with Crippen molar-refractivity contribution in [3.8, 4) is 17.2 Å². The van der Waals surface area contributed by atoms with Gasteiger partial charge in [0.2, 0.25) is 5.75 Å². The number of benzene rings is 2. The summed E-state index contributed by atoms with van der Waals surface area (Å²) in [6.45, 7) is 8.12. The normalized spacial score (nSPS) is 14.9. The monoisotopic (exact) mass is 471 g/mol. The molecule has 0 aromatic heterocycles. The molecule has 1 heterocycles. The molecule has 34 heavy (non-hydrogen) atoms. The van der Waals surface area contributed by atoms with E-state index in [0.717, 1.165) is 19.4 Å². The van der Waals surface area contributed by atoms with Crippen molar-refractivity contribution in [2.45, 2.75) is 39.7 Å². The smallest absolute Gasteiger partial charge is 0.319 e. The van der Waals surface area contributed by atoms with Gasteiger partial charge < -0.3 is 34.9 Å². The number of amides is 3. The van der Waals surface area contributed by atoms with E-state index in [4.69, 9.17) is 18.9 Å². The molecule has 0 radical (unpaired) electrons. The van der Waals surface area contributed by atoms with Gasteiger partial charge in [0, 0.05) is 30.1 Å². The first kappa shape index (κ1) is 25.2. The van der Waals surface area contributed by atoms with Gasteiger partial charge in [0.15, 0.2) is 11.5 Å². The Morgan fingerprint density at radius 1 is 0.912 bits per heavy atom. The summed E-state index contributed by atoms with van der Waals surface area (Å²) in [5.41, 5.74) is 1.58. The molecule has 2 aromatic carbocycles. The van der Waals surface area contributed by atoms with Gasteiger partial charge in [-0.3, -0.25) is 4.79 Å².